The highest BCUT2D eigenvalue weighted by molar-refractivity contribution is 9.10. The molecule has 0 bridgehead atoms. The molecule has 2 heterocycles. The number of nitrogens with zero attached hydrogens (tertiary/aromatic N) is 1. The predicted molar refractivity (Wildman–Crippen MR) is 79.3 cm³/mol. The third kappa shape index (κ3) is 2.72. The van der Waals surface area contributed by atoms with E-state index in [9.17, 15) is 4.79 Å². The number of pyridine rings is 1. The molecule has 100 valence electrons. The van der Waals surface area contributed by atoms with Crippen LogP contribution in [0, 0.1) is 0 Å². The van der Waals surface area contributed by atoms with Crippen molar-refractivity contribution < 1.29 is 9.21 Å². The number of hydrogen-bond donors (Lipinski definition) is 1. The monoisotopic (exact) mass is 330 g/mol. The minimum Gasteiger partial charge on any atom is -0.451 e. The summed E-state index contributed by atoms with van der Waals surface area (Å²) in [6.07, 6.45) is 3.39. The van der Waals surface area contributed by atoms with Gasteiger partial charge in [0.25, 0.3) is 5.91 Å². The zero-order valence-corrected chi connectivity index (χ0v) is 12.1. The summed E-state index contributed by atoms with van der Waals surface area (Å²) in [5.41, 5.74) is 1.69. The van der Waals surface area contributed by atoms with Crippen molar-refractivity contribution in [3.05, 3.63) is 64.6 Å². The van der Waals surface area contributed by atoms with E-state index in [1.54, 1.807) is 18.5 Å². The number of rotatable bonds is 3. The van der Waals surface area contributed by atoms with Gasteiger partial charge in [0.2, 0.25) is 0 Å². The van der Waals surface area contributed by atoms with Crippen LogP contribution in [0.2, 0.25) is 0 Å². The Bertz CT molecular complexity index is 753. The van der Waals surface area contributed by atoms with E-state index in [-0.39, 0.29) is 5.91 Å². The van der Waals surface area contributed by atoms with Crippen molar-refractivity contribution in [2.75, 3.05) is 0 Å². The molecular formula is C15H11BrN2O2. The van der Waals surface area contributed by atoms with Crippen LogP contribution in [0.15, 0.2) is 57.7 Å². The maximum Gasteiger partial charge on any atom is 0.287 e. The summed E-state index contributed by atoms with van der Waals surface area (Å²) in [6.45, 7) is 0.447. The van der Waals surface area contributed by atoms with E-state index in [0.717, 1.165) is 15.4 Å². The quantitative estimate of drug-likeness (QED) is 0.799. The first-order chi connectivity index (χ1) is 9.72. The first kappa shape index (κ1) is 12.9. The van der Waals surface area contributed by atoms with Crippen LogP contribution in [0.3, 0.4) is 0 Å². The average Bonchev–Trinajstić information content (AvgIpc) is 2.89. The van der Waals surface area contributed by atoms with E-state index < -0.39 is 0 Å². The molecule has 0 aliphatic carbocycles. The van der Waals surface area contributed by atoms with E-state index >= 15 is 0 Å². The normalized spacial score (nSPS) is 10.7. The summed E-state index contributed by atoms with van der Waals surface area (Å²) < 4.78 is 6.48. The molecule has 0 saturated heterocycles. The molecule has 2 aromatic heterocycles. The summed E-state index contributed by atoms with van der Waals surface area (Å²) in [6, 6.07) is 11.1. The third-order valence-electron chi connectivity index (χ3n) is 2.90. The van der Waals surface area contributed by atoms with Crippen molar-refractivity contribution >= 4 is 32.8 Å². The summed E-state index contributed by atoms with van der Waals surface area (Å²) in [7, 11) is 0. The standard InChI is InChI=1S/C15H11BrN2O2/c16-12-1-2-13-11(7-12)8-14(20-13)15(19)18-9-10-3-5-17-6-4-10/h1-8H,9H2,(H,18,19). The Morgan fingerprint density at radius 3 is 2.80 bits per heavy atom. The van der Waals surface area contributed by atoms with Gasteiger partial charge in [0, 0.05) is 28.8 Å². The van der Waals surface area contributed by atoms with Gasteiger partial charge in [-0.05, 0) is 42.0 Å². The minimum absolute atomic E-state index is 0.228. The molecule has 3 aromatic rings. The number of carbonyl (C=O) groups is 1. The average molecular weight is 331 g/mol. The van der Waals surface area contributed by atoms with Crippen LogP contribution < -0.4 is 5.32 Å². The molecule has 4 nitrogen and oxygen atoms in total. The highest BCUT2D eigenvalue weighted by atomic mass is 79.9. The summed E-state index contributed by atoms with van der Waals surface area (Å²) in [4.78, 5) is 16.0. The van der Waals surface area contributed by atoms with Crippen molar-refractivity contribution in [3.8, 4) is 0 Å². The number of hydrogen-bond acceptors (Lipinski definition) is 3. The Labute approximate surface area is 123 Å². The maximum atomic E-state index is 12.0. The molecule has 3 rings (SSSR count). The second-order valence-corrected chi connectivity index (χ2v) is 5.25. The van der Waals surface area contributed by atoms with Gasteiger partial charge in [0.05, 0.1) is 0 Å². The van der Waals surface area contributed by atoms with Gasteiger partial charge >= 0.3 is 0 Å². The van der Waals surface area contributed by atoms with Gasteiger partial charge in [-0.1, -0.05) is 15.9 Å². The molecule has 1 N–H and O–H groups in total. The molecule has 5 heteroatoms. The van der Waals surface area contributed by atoms with Crippen LogP contribution in [0.5, 0.6) is 0 Å². The fourth-order valence-electron chi connectivity index (χ4n) is 1.90. The Kier molecular flexibility index (Phi) is 3.52. The zero-order chi connectivity index (χ0) is 13.9. The smallest absolute Gasteiger partial charge is 0.287 e. The first-order valence-corrected chi connectivity index (χ1v) is 6.88. The largest absolute Gasteiger partial charge is 0.451 e. The highest BCUT2D eigenvalue weighted by Gasteiger charge is 2.12. The van der Waals surface area contributed by atoms with E-state index in [4.69, 9.17) is 4.42 Å². The lowest BCUT2D eigenvalue weighted by Gasteiger charge is -2.02. The van der Waals surface area contributed by atoms with Gasteiger partial charge in [-0.15, -0.1) is 0 Å². The topological polar surface area (TPSA) is 55.1 Å². The highest BCUT2D eigenvalue weighted by Crippen LogP contribution is 2.23. The van der Waals surface area contributed by atoms with Gasteiger partial charge in [-0.3, -0.25) is 9.78 Å². The molecule has 0 unspecified atom stereocenters. The van der Waals surface area contributed by atoms with Crippen LogP contribution in [0.1, 0.15) is 16.1 Å². The lowest BCUT2D eigenvalue weighted by Crippen LogP contribution is -2.22. The van der Waals surface area contributed by atoms with Crippen LogP contribution >= 0.6 is 15.9 Å². The van der Waals surface area contributed by atoms with Gasteiger partial charge in [-0.25, -0.2) is 0 Å². The molecule has 0 spiro atoms. The summed E-state index contributed by atoms with van der Waals surface area (Å²) in [5.74, 6) is 0.0845. The second-order valence-electron chi connectivity index (χ2n) is 4.33. The molecule has 0 atom stereocenters. The number of fused-ring (bicyclic) bond motifs is 1. The maximum absolute atomic E-state index is 12.0. The number of carbonyl (C=O) groups excluding carboxylic acids is 1. The molecule has 0 fully saturated rings. The third-order valence-corrected chi connectivity index (χ3v) is 3.40. The number of amides is 1. The van der Waals surface area contributed by atoms with Crippen LogP contribution in [0.4, 0.5) is 0 Å². The molecular weight excluding hydrogens is 320 g/mol. The van der Waals surface area contributed by atoms with Crippen molar-refractivity contribution in [3.63, 3.8) is 0 Å². The van der Waals surface area contributed by atoms with Crippen molar-refractivity contribution in [2.45, 2.75) is 6.54 Å². The van der Waals surface area contributed by atoms with Crippen LogP contribution in [-0.4, -0.2) is 10.9 Å². The summed E-state index contributed by atoms with van der Waals surface area (Å²) in [5, 5.41) is 3.72. The van der Waals surface area contributed by atoms with Crippen molar-refractivity contribution in [1.29, 1.82) is 0 Å². The summed E-state index contributed by atoms with van der Waals surface area (Å²) >= 11 is 3.39. The lowest BCUT2D eigenvalue weighted by atomic mass is 10.2. The number of benzene rings is 1. The zero-order valence-electron chi connectivity index (χ0n) is 10.5. The van der Waals surface area contributed by atoms with Crippen molar-refractivity contribution in [1.82, 2.24) is 10.3 Å². The van der Waals surface area contributed by atoms with Gasteiger partial charge in [0.15, 0.2) is 5.76 Å². The SMILES string of the molecule is O=C(NCc1ccncc1)c1cc2cc(Br)ccc2o1. The van der Waals surface area contributed by atoms with E-state index in [1.165, 1.54) is 0 Å². The van der Waals surface area contributed by atoms with Crippen LogP contribution in [0.25, 0.3) is 11.0 Å². The molecule has 0 aliphatic rings. The number of nitrogens with one attached hydrogen (secondary N) is 1. The number of furan rings is 1. The number of halogens is 1. The molecule has 1 amide bonds. The Morgan fingerprint density at radius 2 is 2.00 bits per heavy atom. The van der Waals surface area contributed by atoms with Gasteiger partial charge < -0.3 is 9.73 Å². The minimum atomic E-state index is -0.228. The molecule has 0 radical (unpaired) electrons. The van der Waals surface area contributed by atoms with Crippen molar-refractivity contribution in [2.24, 2.45) is 0 Å². The Hall–Kier alpha value is -2.14. The molecule has 0 saturated carbocycles. The van der Waals surface area contributed by atoms with E-state index in [0.29, 0.717) is 17.9 Å². The first-order valence-electron chi connectivity index (χ1n) is 6.08. The Morgan fingerprint density at radius 1 is 1.20 bits per heavy atom. The van der Waals surface area contributed by atoms with Crippen LogP contribution in [-0.2, 0) is 6.54 Å². The predicted octanol–water partition coefficient (Wildman–Crippen LogP) is 3.52. The van der Waals surface area contributed by atoms with E-state index in [2.05, 4.69) is 26.2 Å². The fourth-order valence-corrected chi connectivity index (χ4v) is 2.28. The fraction of sp³-hybridized carbons (Fsp3) is 0.0667. The molecule has 20 heavy (non-hydrogen) atoms. The van der Waals surface area contributed by atoms with E-state index in [1.807, 2.05) is 30.3 Å². The van der Waals surface area contributed by atoms with Gasteiger partial charge in [-0.2, -0.15) is 0 Å². The second kappa shape index (κ2) is 5.46. The molecule has 1 aromatic carbocycles. The number of aromatic nitrogens is 1. The Balaban J connectivity index is 1.75. The molecule has 0 aliphatic heterocycles. The van der Waals surface area contributed by atoms with Gasteiger partial charge in [0.1, 0.15) is 5.58 Å². The lowest BCUT2D eigenvalue weighted by molar-refractivity contribution is 0.0925.